The monoisotopic (exact) mass is 285 g/mol. The molecule has 0 aliphatic rings. The van der Waals surface area contributed by atoms with E-state index in [1.165, 1.54) is 0 Å². The fraction of sp³-hybridized carbons (Fsp3) is 0.583. The number of amides is 2. The smallest absolute Gasteiger partial charge is 0.315 e. The third-order valence-electron chi connectivity index (χ3n) is 2.46. The highest BCUT2D eigenvalue weighted by atomic mass is 32.1. The van der Waals surface area contributed by atoms with Crippen LogP contribution in [0.15, 0.2) is 5.38 Å². The van der Waals surface area contributed by atoms with Crippen LogP contribution in [0, 0.1) is 6.92 Å². The number of nitrogens with zero attached hydrogens (tertiary/aromatic N) is 1. The zero-order valence-corrected chi connectivity index (χ0v) is 11.9. The number of aryl methyl sites for hydroxylation is 1. The van der Waals surface area contributed by atoms with Gasteiger partial charge in [-0.3, -0.25) is 4.79 Å². The molecule has 0 radical (unpaired) electrons. The van der Waals surface area contributed by atoms with E-state index in [2.05, 4.69) is 15.6 Å². The molecular formula is C12H19N3O3S. The molecule has 1 aromatic heterocycles. The number of thiazole rings is 1. The zero-order valence-electron chi connectivity index (χ0n) is 11.1. The molecule has 1 aromatic rings. The first kappa shape index (κ1) is 15.4. The van der Waals surface area contributed by atoms with Gasteiger partial charge < -0.3 is 15.7 Å². The lowest BCUT2D eigenvalue weighted by Gasteiger charge is -2.13. The van der Waals surface area contributed by atoms with Gasteiger partial charge in [0.25, 0.3) is 0 Å². The Morgan fingerprint density at radius 1 is 1.53 bits per heavy atom. The summed E-state index contributed by atoms with van der Waals surface area (Å²) in [5.74, 6) is -0.854. The molecule has 1 heterocycles. The first-order valence-corrected chi connectivity index (χ1v) is 7.02. The lowest BCUT2D eigenvalue weighted by molar-refractivity contribution is -0.137. The Hall–Kier alpha value is -1.63. The molecule has 0 aliphatic carbocycles. The van der Waals surface area contributed by atoms with Crippen LogP contribution in [0.5, 0.6) is 0 Å². The van der Waals surface area contributed by atoms with Crippen molar-refractivity contribution in [1.29, 1.82) is 0 Å². The molecule has 0 fully saturated rings. The molecule has 0 aliphatic heterocycles. The van der Waals surface area contributed by atoms with Gasteiger partial charge in [-0.15, -0.1) is 11.3 Å². The van der Waals surface area contributed by atoms with Gasteiger partial charge in [-0.2, -0.15) is 0 Å². The summed E-state index contributed by atoms with van der Waals surface area (Å²) in [4.78, 5) is 26.2. The molecule has 0 aromatic carbocycles. The van der Waals surface area contributed by atoms with Crippen molar-refractivity contribution in [2.24, 2.45) is 0 Å². The summed E-state index contributed by atoms with van der Waals surface area (Å²) in [6.45, 7) is 4.24. The van der Waals surface area contributed by atoms with Crippen LogP contribution < -0.4 is 10.6 Å². The van der Waals surface area contributed by atoms with Gasteiger partial charge >= 0.3 is 12.0 Å². The minimum Gasteiger partial charge on any atom is -0.481 e. The third-order valence-corrected chi connectivity index (χ3v) is 3.49. The number of urea groups is 1. The van der Waals surface area contributed by atoms with E-state index in [9.17, 15) is 9.59 Å². The van der Waals surface area contributed by atoms with Gasteiger partial charge in [0.1, 0.15) is 0 Å². The average molecular weight is 285 g/mol. The summed E-state index contributed by atoms with van der Waals surface area (Å²) in [5.41, 5.74) is 0.992. The normalized spacial score (nSPS) is 11.9. The maximum absolute atomic E-state index is 11.5. The lowest BCUT2D eigenvalue weighted by Crippen LogP contribution is -2.41. The molecule has 0 bridgehead atoms. The number of nitrogens with one attached hydrogen (secondary N) is 2. The predicted molar refractivity (Wildman–Crippen MR) is 73.4 cm³/mol. The minimum absolute atomic E-state index is 0.0554. The highest BCUT2D eigenvalue weighted by Crippen LogP contribution is 2.08. The second-order valence-electron chi connectivity index (χ2n) is 4.37. The number of hydrogen-bond acceptors (Lipinski definition) is 4. The second-order valence-corrected chi connectivity index (χ2v) is 5.31. The van der Waals surface area contributed by atoms with E-state index in [1.807, 2.05) is 12.3 Å². The molecule has 3 N–H and O–H groups in total. The van der Waals surface area contributed by atoms with Gasteiger partial charge in [0.15, 0.2) is 0 Å². The summed E-state index contributed by atoms with van der Waals surface area (Å²) < 4.78 is 0. The molecule has 2 amide bonds. The van der Waals surface area contributed by atoms with Crippen LogP contribution in [0.3, 0.4) is 0 Å². The molecule has 0 spiro atoms. The number of carbonyl (C=O) groups is 2. The largest absolute Gasteiger partial charge is 0.481 e. The van der Waals surface area contributed by atoms with E-state index < -0.39 is 5.97 Å². The summed E-state index contributed by atoms with van der Waals surface area (Å²) in [6, 6.07) is -0.427. The molecule has 0 saturated heterocycles. The van der Waals surface area contributed by atoms with Crippen molar-refractivity contribution < 1.29 is 14.7 Å². The van der Waals surface area contributed by atoms with Crippen molar-refractivity contribution in [2.45, 2.75) is 39.2 Å². The van der Waals surface area contributed by atoms with Gasteiger partial charge in [0.2, 0.25) is 0 Å². The van der Waals surface area contributed by atoms with E-state index in [4.69, 9.17) is 5.11 Å². The fourth-order valence-corrected chi connectivity index (χ4v) is 2.26. The Bertz CT molecular complexity index is 434. The van der Waals surface area contributed by atoms with Gasteiger partial charge in [-0.25, -0.2) is 9.78 Å². The van der Waals surface area contributed by atoms with Crippen molar-refractivity contribution in [3.8, 4) is 0 Å². The third kappa shape index (κ3) is 6.76. The molecule has 1 rings (SSSR count). The Balaban J connectivity index is 2.15. The fourth-order valence-electron chi connectivity index (χ4n) is 1.49. The Kier molecular flexibility index (Phi) is 6.27. The molecule has 19 heavy (non-hydrogen) atoms. The van der Waals surface area contributed by atoms with E-state index in [0.29, 0.717) is 19.4 Å². The summed E-state index contributed by atoms with van der Waals surface area (Å²) in [5, 5.41) is 16.9. The van der Waals surface area contributed by atoms with Crippen molar-refractivity contribution in [3.63, 3.8) is 0 Å². The SMILES string of the molecule is Cc1csc(CCNC(=O)NC(C)CCC(=O)O)n1. The zero-order chi connectivity index (χ0) is 14.3. The van der Waals surface area contributed by atoms with Crippen LogP contribution in [0.25, 0.3) is 0 Å². The predicted octanol–water partition coefficient (Wildman–Crippen LogP) is 1.55. The van der Waals surface area contributed by atoms with E-state index in [-0.39, 0.29) is 18.5 Å². The minimum atomic E-state index is -0.854. The van der Waals surface area contributed by atoms with Crippen LogP contribution in [-0.4, -0.2) is 34.7 Å². The van der Waals surface area contributed by atoms with Crippen molar-refractivity contribution in [1.82, 2.24) is 15.6 Å². The topological polar surface area (TPSA) is 91.3 Å². The number of aromatic nitrogens is 1. The number of carboxylic acid groups (broad SMARTS) is 1. The Labute approximate surface area is 116 Å². The van der Waals surface area contributed by atoms with Crippen LogP contribution >= 0.6 is 11.3 Å². The number of aliphatic carboxylic acids is 1. The number of rotatable bonds is 7. The summed E-state index contributed by atoms with van der Waals surface area (Å²) in [7, 11) is 0. The number of hydrogen-bond donors (Lipinski definition) is 3. The lowest BCUT2D eigenvalue weighted by atomic mass is 10.2. The van der Waals surface area contributed by atoms with E-state index in [0.717, 1.165) is 10.7 Å². The van der Waals surface area contributed by atoms with Gasteiger partial charge in [0, 0.05) is 36.5 Å². The maximum Gasteiger partial charge on any atom is 0.315 e. The van der Waals surface area contributed by atoms with Crippen molar-refractivity contribution in [2.75, 3.05) is 6.54 Å². The summed E-state index contributed by atoms with van der Waals surface area (Å²) in [6.07, 6.45) is 1.18. The van der Waals surface area contributed by atoms with Gasteiger partial charge in [-0.1, -0.05) is 0 Å². The highest BCUT2D eigenvalue weighted by Gasteiger charge is 2.08. The summed E-state index contributed by atoms with van der Waals surface area (Å²) >= 11 is 1.58. The Morgan fingerprint density at radius 2 is 2.26 bits per heavy atom. The quantitative estimate of drug-likeness (QED) is 0.708. The molecule has 6 nitrogen and oxygen atoms in total. The number of carboxylic acids is 1. The van der Waals surface area contributed by atoms with Crippen LogP contribution in [-0.2, 0) is 11.2 Å². The second kappa shape index (κ2) is 7.73. The Morgan fingerprint density at radius 3 is 2.84 bits per heavy atom. The molecule has 1 unspecified atom stereocenters. The van der Waals surface area contributed by atoms with Gasteiger partial charge in [0.05, 0.1) is 5.01 Å². The van der Waals surface area contributed by atoms with Crippen LogP contribution in [0.4, 0.5) is 4.79 Å². The van der Waals surface area contributed by atoms with E-state index >= 15 is 0 Å². The molecule has 7 heteroatoms. The highest BCUT2D eigenvalue weighted by molar-refractivity contribution is 7.09. The average Bonchev–Trinajstić information content (AvgIpc) is 2.72. The van der Waals surface area contributed by atoms with Crippen LogP contribution in [0.2, 0.25) is 0 Å². The van der Waals surface area contributed by atoms with Crippen molar-refractivity contribution >= 4 is 23.3 Å². The molecule has 0 saturated carbocycles. The van der Waals surface area contributed by atoms with E-state index in [1.54, 1.807) is 18.3 Å². The first-order chi connectivity index (χ1) is 8.97. The standard InChI is InChI=1S/C12H19N3O3S/c1-8(3-4-11(16)17)15-12(18)13-6-5-10-14-9(2)7-19-10/h7-8H,3-6H2,1-2H3,(H,16,17)(H2,13,15,18). The first-order valence-electron chi connectivity index (χ1n) is 6.14. The number of carbonyl (C=O) groups excluding carboxylic acids is 1. The van der Waals surface area contributed by atoms with Gasteiger partial charge in [-0.05, 0) is 20.3 Å². The maximum atomic E-state index is 11.5. The molecular weight excluding hydrogens is 266 g/mol. The molecule has 1 atom stereocenters. The van der Waals surface area contributed by atoms with Crippen LogP contribution in [0.1, 0.15) is 30.5 Å². The molecule has 106 valence electrons. The van der Waals surface area contributed by atoms with Crippen molar-refractivity contribution in [3.05, 3.63) is 16.1 Å².